The number of carbonyl (C=O) groups is 1. The van der Waals surface area contributed by atoms with Gasteiger partial charge in [0.1, 0.15) is 6.61 Å². The molecule has 88 valence electrons. The van der Waals surface area contributed by atoms with Crippen molar-refractivity contribution < 1.29 is 29.9 Å². The molecule has 0 radical (unpaired) electrons. The SMILES string of the molecule is C=C(C)C(=O)OCC(CO)(CO)COO. The standard InChI is InChI=1S/C9H16O6/c1-7(2)8(12)14-5-9(3-10,4-11)6-15-13/h10-11,13H,1,3-6H2,2H3. The first-order valence-electron chi connectivity index (χ1n) is 4.32. The van der Waals surface area contributed by atoms with Crippen molar-refractivity contribution in [3.63, 3.8) is 0 Å². The largest absolute Gasteiger partial charge is 0.461 e. The first kappa shape index (κ1) is 14.1. The fraction of sp³-hybridized carbons (Fsp3) is 0.667. The zero-order valence-electron chi connectivity index (χ0n) is 8.60. The third kappa shape index (κ3) is 4.39. The van der Waals surface area contributed by atoms with Crippen LogP contribution < -0.4 is 0 Å². The molecule has 3 N–H and O–H groups in total. The third-order valence-corrected chi connectivity index (χ3v) is 1.90. The fourth-order valence-corrected chi connectivity index (χ4v) is 0.753. The number of ether oxygens (including phenoxy) is 1. The minimum atomic E-state index is -1.19. The van der Waals surface area contributed by atoms with Crippen molar-refractivity contribution in [1.29, 1.82) is 0 Å². The van der Waals surface area contributed by atoms with Crippen molar-refractivity contribution in [1.82, 2.24) is 0 Å². The van der Waals surface area contributed by atoms with Crippen LogP contribution in [0.25, 0.3) is 0 Å². The molecule has 0 saturated heterocycles. The monoisotopic (exact) mass is 220 g/mol. The Balaban J connectivity index is 4.28. The maximum atomic E-state index is 11.0. The molecule has 6 heteroatoms. The van der Waals surface area contributed by atoms with Gasteiger partial charge in [0.25, 0.3) is 0 Å². The van der Waals surface area contributed by atoms with E-state index in [9.17, 15) is 4.79 Å². The van der Waals surface area contributed by atoms with Gasteiger partial charge >= 0.3 is 5.97 Å². The number of aliphatic hydroxyl groups excluding tert-OH is 2. The molecule has 0 aromatic rings. The van der Waals surface area contributed by atoms with E-state index in [4.69, 9.17) is 20.2 Å². The molecule has 0 bridgehead atoms. The Morgan fingerprint density at radius 2 is 1.87 bits per heavy atom. The second kappa shape index (κ2) is 6.52. The van der Waals surface area contributed by atoms with E-state index in [0.29, 0.717) is 0 Å². The Hall–Kier alpha value is -0.950. The molecule has 0 aliphatic rings. The van der Waals surface area contributed by atoms with Crippen LogP contribution >= 0.6 is 0 Å². The van der Waals surface area contributed by atoms with Crippen molar-refractivity contribution in [3.8, 4) is 0 Å². The number of esters is 1. The molecular formula is C9H16O6. The van der Waals surface area contributed by atoms with Crippen LogP contribution in [0.4, 0.5) is 0 Å². The molecule has 6 nitrogen and oxygen atoms in total. The summed E-state index contributed by atoms with van der Waals surface area (Å²) >= 11 is 0. The highest BCUT2D eigenvalue weighted by Gasteiger charge is 2.31. The van der Waals surface area contributed by atoms with Crippen molar-refractivity contribution in [2.45, 2.75) is 6.92 Å². The van der Waals surface area contributed by atoms with Gasteiger partial charge in [-0.15, -0.1) is 0 Å². The quantitative estimate of drug-likeness (QED) is 0.233. The fourth-order valence-electron chi connectivity index (χ4n) is 0.753. The lowest BCUT2D eigenvalue weighted by Gasteiger charge is -2.27. The van der Waals surface area contributed by atoms with Gasteiger partial charge in [-0.05, 0) is 6.92 Å². The predicted molar refractivity (Wildman–Crippen MR) is 51.0 cm³/mol. The van der Waals surface area contributed by atoms with Gasteiger partial charge in [-0.1, -0.05) is 6.58 Å². The summed E-state index contributed by atoms with van der Waals surface area (Å²) in [6, 6.07) is 0. The molecule has 0 saturated carbocycles. The maximum absolute atomic E-state index is 11.0. The molecule has 0 spiro atoms. The minimum absolute atomic E-state index is 0.213. The lowest BCUT2D eigenvalue weighted by molar-refractivity contribution is -0.272. The lowest BCUT2D eigenvalue weighted by atomic mass is 9.92. The maximum Gasteiger partial charge on any atom is 0.333 e. The van der Waals surface area contributed by atoms with E-state index in [1.807, 2.05) is 0 Å². The van der Waals surface area contributed by atoms with Crippen LogP contribution in [0.5, 0.6) is 0 Å². The molecule has 0 aliphatic heterocycles. The van der Waals surface area contributed by atoms with Crippen molar-refractivity contribution >= 4 is 5.97 Å². The molecule has 0 heterocycles. The number of hydrogen-bond acceptors (Lipinski definition) is 6. The Labute approximate surface area is 87.7 Å². The van der Waals surface area contributed by atoms with Gasteiger partial charge in [0, 0.05) is 5.57 Å². The van der Waals surface area contributed by atoms with E-state index in [1.165, 1.54) is 6.92 Å². The van der Waals surface area contributed by atoms with Gasteiger partial charge in [-0.2, -0.15) is 0 Å². The van der Waals surface area contributed by atoms with Gasteiger partial charge in [0.2, 0.25) is 0 Å². The number of aliphatic hydroxyl groups is 2. The summed E-state index contributed by atoms with van der Waals surface area (Å²) in [7, 11) is 0. The molecule has 0 amide bonds. The highest BCUT2D eigenvalue weighted by molar-refractivity contribution is 5.86. The molecule has 15 heavy (non-hydrogen) atoms. The summed E-state index contributed by atoms with van der Waals surface area (Å²) in [5.41, 5.74) is -0.982. The summed E-state index contributed by atoms with van der Waals surface area (Å²) in [5, 5.41) is 26.2. The smallest absolute Gasteiger partial charge is 0.333 e. The summed E-state index contributed by atoms with van der Waals surface area (Å²) in [4.78, 5) is 14.9. The Kier molecular flexibility index (Phi) is 6.11. The van der Waals surface area contributed by atoms with Crippen LogP contribution in [0.2, 0.25) is 0 Å². The van der Waals surface area contributed by atoms with E-state index >= 15 is 0 Å². The van der Waals surface area contributed by atoms with Crippen molar-refractivity contribution in [3.05, 3.63) is 12.2 Å². The molecule has 0 fully saturated rings. The molecule has 0 aromatic carbocycles. The topological polar surface area (TPSA) is 96.2 Å². The summed E-state index contributed by atoms with van der Waals surface area (Å²) in [5.74, 6) is -0.626. The first-order valence-corrected chi connectivity index (χ1v) is 4.32. The number of hydrogen-bond donors (Lipinski definition) is 3. The van der Waals surface area contributed by atoms with Crippen LogP contribution in [0.15, 0.2) is 12.2 Å². The summed E-state index contributed by atoms with van der Waals surface area (Å²) < 4.78 is 4.75. The van der Waals surface area contributed by atoms with Crippen LogP contribution in [0.3, 0.4) is 0 Å². The van der Waals surface area contributed by atoms with Crippen molar-refractivity contribution in [2.75, 3.05) is 26.4 Å². The summed E-state index contributed by atoms with van der Waals surface area (Å²) in [6.45, 7) is 3.30. The normalized spacial score (nSPS) is 11.2. The van der Waals surface area contributed by atoms with Gasteiger partial charge in [-0.25, -0.2) is 9.68 Å². The van der Waals surface area contributed by atoms with Crippen LogP contribution in [0.1, 0.15) is 6.92 Å². The molecule has 0 unspecified atom stereocenters. The highest BCUT2D eigenvalue weighted by atomic mass is 17.1. The van der Waals surface area contributed by atoms with Gasteiger partial charge < -0.3 is 14.9 Å². The third-order valence-electron chi connectivity index (χ3n) is 1.90. The predicted octanol–water partition coefficient (Wildman–Crippen LogP) is -0.434. The molecular weight excluding hydrogens is 204 g/mol. The average molecular weight is 220 g/mol. The second-order valence-electron chi connectivity index (χ2n) is 3.45. The lowest BCUT2D eigenvalue weighted by Crippen LogP contribution is -2.40. The Morgan fingerprint density at radius 1 is 1.33 bits per heavy atom. The summed E-state index contributed by atoms with van der Waals surface area (Å²) in [6.07, 6.45) is 0. The van der Waals surface area contributed by atoms with E-state index in [2.05, 4.69) is 11.5 Å². The average Bonchev–Trinajstić information content (AvgIpc) is 2.23. The van der Waals surface area contributed by atoms with Crippen LogP contribution in [0, 0.1) is 5.41 Å². The van der Waals surface area contributed by atoms with E-state index < -0.39 is 24.6 Å². The van der Waals surface area contributed by atoms with E-state index in [-0.39, 0.29) is 18.8 Å². The Morgan fingerprint density at radius 3 is 2.20 bits per heavy atom. The minimum Gasteiger partial charge on any atom is -0.461 e. The van der Waals surface area contributed by atoms with Crippen LogP contribution in [-0.4, -0.2) is 47.9 Å². The molecule has 0 aromatic heterocycles. The van der Waals surface area contributed by atoms with Gasteiger partial charge in [0.15, 0.2) is 0 Å². The van der Waals surface area contributed by atoms with Gasteiger partial charge in [0.05, 0.1) is 25.2 Å². The van der Waals surface area contributed by atoms with E-state index in [0.717, 1.165) is 0 Å². The second-order valence-corrected chi connectivity index (χ2v) is 3.45. The van der Waals surface area contributed by atoms with E-state index in [1.54, 1.807) is 0 Å². The van der Waals surface area contributed by atoms with Crippen molar-refractivity contribution in [2.24, 2.45) is 5.41 Å². The number of rotatable bonds is 7. The van der Waals surface area contributed by atoms with Gasteiger partial charge in [-0.3, -0.25) is 5.26 Å². The zero-order chi connectivity index (χ0) is 11.9. The molecule has 0 atom stereocenters. The zero-order valence-corrected chi connectivity index (χ0v) is 8.60. The first-order chi connectivity index (χ1) is 7.01. The number of carbonyl (C=O) groups excluding carboxylic acids is 1. The molecule has 0 rings (SSSR count). The Bertz CT molecular complexity index is 221. The molecule has 0 aliphatic carbocycles. The highest BCUT2D eigenvalue weighted by Crippen LogP contribution is 2.17. The van der Waals surface area contributed by atoms with Crippen LogP contribution in [-0.2, 0) is 14.4 Å².